The molecule has 0 saturated heterocycles. The predicted molar refractivity (Wildman–Crippen MR) is 200 cm³/mol. The van der Waals surface area contributed by atoms with Crippen LogP contribution in [0.3, 0.4) is 0 Å². The van der Waals surface area contributed by atoms with Gasteiger partial charge >= 0.3 is 0 Å². The van der Waals surface area contributed by atoms with Crippen molar-refractivity contribution < 1.29 is 0 Å². The van der Waals surface area contributed by atoms with Gasteiger partial charge in [0.2, 0.25) is 0 Å². The molecule has 8 rings (SSSR count). The first-order valence-corrected chi connectivity index (χ1v) is 16.4. The van der Waals surface area contributed by atoms with Gasteiger partial charge in [-0.2, -0.15) is 0 Å². The van der Waals surface area contributed by atoms with Crippen LogP contribution in [0.15, 0.2) is 176 Å². The van der Waals surface area contributed by atoms with Gasteiger partial charge in [0, 0.05) is 27.9 Å². The van der Waals surface area contributed by atoms with Crippen molar-refractivity contribution in [1.82, 2.24) is 19.9 Å². The summed E-state index contributed by atoms with van der Waals surface area (Å²) in [5.41, 5.74) is 12.6. The maximum Gasteiger partial charge on any atom is 0.164 e. The van der Waals surface area contributed by atoms with Crippen LogP contribution < -0.4 is 0 Å². The fourth-order valence-corrected chi connectivity index (χ4v) is 6.05. The number of rotatable bonds is 7. The molecule has 49 heavy (non-hydrogen) atoms. The molecule has 0 radical (unpaired) electrons. The quantitative estimate of drug-likeness (QED) is 0.176. The van der Waals surface area contributed by atoms with E-state index in [1.807, 2.05) is 85.8 Å². The summed E-state index contributed by atoms with van der Waals surface area (Å²) in [6, 6.07) is 60.7. The Balaban J connectivity index is 1.27. The van der Waals surface area contributed by atoms with E-state index in [0.29, 0.717) is 17.5 Å². The van der Waals surface area contributed by atoms with E-state index in [-0.39, 0.29) is 0 Å². The molecule has 0 aliphatic carbocycles. The lowest BCUT2D eigenvalue weighted by Gasteiger charge is -2.13. The molecule has 0 unspecified atom stereocenters. The summed E-state index contributed by atoms with van der Waals surface area (Å²) in [4.78, 5) is 19.8. The maximum atomic E-state index is 5.05. The summed E-state index contributed by atoms with van der Waals surface area (Å²) in [5, 5.41) is 0. The lowest BCUT2D eigenvalue weighted by Crippen LogP contribution is -2.00. The van der Waals surface area contributed by atoms with Crippen molar-refractivity contribution in [3.8, 4) is 78.8 Å². The van der Waals surface area contributed by atoms with Crippen LogP contribution in [0.25, 0.3) is 78.8 Å². The lowest BCUT2D eigenvalue weighted by atomic mass is 9.94. The zero-order chi connectivity index (χ0) is 33.0. The lowest BCUT2D eigenvalue weighted by molar-refractivity contribution is 1.07. The third-order valence-electron chi connectivity index (χ3n) is 8.62. The maximum absolute atomic E-state index is 5.05. The summed E-state index contributed by atoms with van der Waals surface area (Å²) in [7, 11) is 0. The largest absolute Gasteiger partial charge is 0.253 e. The Morgan fingerprint density at radius 1 is 0.265 bits per heavy atom. The van der Waals surface area contributed by atoms with Crippen molar-refractivity contribution in [1.29, 1.82) is 0 Å². The summed E-state index contributed by atoms with van der Waals surface area (Å²) in [6.07, 6.45) is 0. The molecule has 4 nitrogen and oxygen atoms in total. The number of aromatic nitrogens is 4. The zero-order valence-corrected chi connectivity index (χ0v) is 27.0. The SMILES string of the molecule is Cc1cccc(-c2ccc(-c3cc(-c4ccc(-c5ccccc5)cc4)cc(-c4nc(-c5ccccc5)nc(-c5ccccc5)n4)c3)cc2)n1. The van der Waals surface area contributed by atoms with Crippen LogP contribution in [0.5, 0.6) is 0 Å². The van der Waals surface area contributed by atoms with Crippen molar-refractivity contribution in [2.75, 3.05) is 0 Å². The molecule has 8 aromatic rings. The third kappa shape index (κ3) is 6.53. The van der Waals surface area contributed by atoms with Crippen LogP contribution in [-0.4, -0.2) is 19.9 Å². The second-order valence-electron chi connectivity index (χ2n) is 12.0. The van der Waals surface area contributed by atoms with Gasteiger partial charge in [-0.15, -0.1) is 0 Å². The monoisotopic (exact) mass is 628 g/mol. The van der Waals surface area contributed by atoms with E-state index in [1.165, 1.54) is 11.1 Å². The highest BCUT2D eigenvalue weighted by Gasteiger charge is 2.15. The molecule has 2 aromatic heterocycles. The van der Waals surface area contributed by atoms with Gasteiger partial charge in [-0.05, 0) is 70.6 Å². The fraction of sp³-hybridized carbons (Fsp3) is 0.0222. The van der Waals surface area contributed by atoms with Gasteiger partial charge in [-0.3, -0.25) is 4.98 Å². The van der Waals surface area contributed by atoms with Gasteiger partial charge in [0.1, 0.15) is 0 Å². The van der Waals surface area contributed by atoms with Crippen molar-refractivity contribution >= 4 is 0 Å². The second-order valence-corrected chi connectivity index (χ2v) is 12.0. The highest BCUT2D eigenvalue weighted by molar-refractivity contribution is 5.82. The molecule has 4 heteroatoms. The highest BCUT2D eigenvalue weighted by atomic mass is 15.0. The van der Waals surface area contributed by atoms with E-state index in [2.05, 4.69) is 97.1 Å². The summed E-state index contributed by atoms with van der Waals surface area (Å²) >= 11 is 0. The minimum Gasteiger partial charge on any atom is -0.253 e. The predicted octanol–water partition coefficient (Wildman–Crippen LogP) is 11.2. The molecule has 0 aliphatic heterocycles. The molecule has 0 atom stereocenters. The van der Waals surface area contributed by atoms with Gasteiger partial charge in [0.25, 0.3) is 0 Å². The molecule has 232 valence electrons. The van der Waals surface area contributed by atoms with Crippen LogP contribution >= 0.6 is 0 Å². The molecular formula is C45H32N4. The summed E-state index contributed by atoms with van der Waals surface area (Å²) in [5.74, 6) is 1.90. The fourth-order valence-electron chi connectivity index (χ4n) is 6.05. The van der Waals surface area contributed by atoms with Crippen molar-refractivity contribution in [2.45, 2.75) is 6.92 Å². The number of pyridine rings is 1. The van der Waals surface area contributed by atoms with Crippen LogP contribution in [0.1, 0.15) is 5.69 Å². The Labute approximate surface area is 286 Å². The molecule has 0 fully saturated rings. The Bertz CT molecular complexity index is 2290. The van der Waals surface area contributed by atoms with Crippen LogP contribution in [0.4, 0.5) is 0 Å². The average Bonchev–Trinajstić information content (AvgIpc) is 3.19. The standard InChI is InChI=1S/C45H32N4/c1-31-12-11-19-42(46-31)36-26-24-35(25-27-36)40-28-39(34-22-20-33(21-23-34)32-13-5-2-6-14-32)29-41(30-40)45-48-43(37-15-7-3-8-16-37)47-44(49-45)38-17-9-4-10-18-38/h2-30H,1H3. The van der Waals surface area contributed by atoms with Gasteiger partial charge < -0.3 is 0 Å². The molecule has 0 aliphatic rings. The normalized spacial score (nSPS) is 11.0. The first kappa shape index (κ1) is 29.9. The first-order valence-electron chi connectivity index (χ1n) is 16.4. The first-order chi connectivity index (χ1) is 24.2. The van der Waals surface area contributed by atoms with E-state index < -0.39 is 0 Å². The van der Waals surface area contributed by atoms with Crippen LogP contribution in [0, 0.1) is 6.92 Å². The summed E-state index contributed by atoms with van der Waals surface area (Å²) in [6.45, 7) is 2.02. The Morgan fingerprint density at radius 2 is 0.633 bits per heavy atom. The average molecular weight is 629 g/mol. The number of hydrogen-bond donors (Lipinski definition) is 0. The van der Waals surface area contributed by atoms with Crippen LogP contribution in [-0.2, 0) is 0 Å². The molecule has 2 heterocycles. The Hall–Kier alpha value is -6.52. The third-order valence-corrected chi connectivity index (χ3v) is 8.62. The van der Waals surface area contributed by atoms with Crippen LogP contribution in [0.2, 0.25) is 0 Å². The number of benzene rings is 6. The van der Waals surface area contributed by atoms with Gasteiger partial charge in [0.05, 0.1) is 5.69 Å². The smallest absolute Gasteiger partial charge is 0.164 e. The Kier molecular flexibility index (Phi) is 8.11. The Morgan fingerprint density at radius 3 is 1.10 bits per heavy atom. The van der Waals surface area contributed by atoms with E-state index in [1.54, 1.807) is 0 Å². The zero-order valence-electron chi connectivity index (χ0n) is 27.0. The molecule has 0 spiro atoms. The molecule has 6 aromatic carbocycles. The minimum atomic E-state index is 0.622. The molecule has 0 bridgehead atoms. The molecule has 0 saturated carbocycles. The van der Waals surface area contributed by atoms with Crippen molar-refractivity contribution in [3.05, 3.63) is 182 Å². The second kappa shape index (κ2) is 13.3. The van der Waals surface area contributed by atoms with Crippen molar-refractivity contribution in [3.63, 3.8) is 0 Å². The van der Waals surface area contributed by atoms with Crippen molar-refractivity contribution in [2.24, 2.45) is 0 Å². The van der Waals surface area contributed by atoms with Gasteiger partial charge in [0.15, 0.2) is 17.5 Å². The van der Waals surface area contributed by atoms with E-state index >= 15 is 0 Å². The number of nitrogens with zero attached hydrogens (tertiary/aromatic N) is 4. The topological polar surface area (TPSA) is 51.6 Å². The minimum absolute atomic E-state index is 0.622. The number of hydrogen-bond acceptors (Lipinski definition) is 4. The van der Waals surface area contributed by atoms with E-state index in [4.69, 9.17) is 19.9 Å². The molecule has 0 amide bonds. The van der Waals surface area contributed by atoms with Gasteiger partial charge in [-0.25, -0.2) is 15.0 Å². The molecule has 0 N–H and O–H groups in total. The number of aryl methyl sites for hydroxylation is 1. The molecular weight excluding hydrogens is 597 g/mol. The van der Waals surface area contributed by atoms with Gasteiger partial charge in [-0.1, -0.05) is 146 Å². The van der Waals surface area contributed by atoms with E-state index in [9.17, 15) is 0 Å². The van der Waals surface area contributed by atoms with E-state index in [0.717, 1.165) is 55.9 Å². The summed E-state index contributed by atoms with van der Waals surface area (Å²) < 4.78 is 0. The highest BCUT2D eigenvalue weighted by Crippen LogP contribution is 2.35.